The summed E-state index contributed by atoms with van der Waals surface area (Å²) in [6.45, 7) is 6.91. The van der Waals surface area contributed by atoms with Crippen LogP contribution in [0.2, 0.25) is 0 Å². The summed E-state index contributed by atoms with van der Waals surface area (Å²) < 4.78 is 36.8. The van der Waals surface area contributed by atoms with E-state index in [9.17, 15) is 13.2 Å². The minimum atomic E-state index is -3.16. The van der Waals surface area contributed by atoms with Crippen LogP contribution in [0.25, 0.3) is 0 Å². The minimum absolute atomic E-state index is 0.0123. The number of aromatic nitrogens is 1. The van der Waals surface area contributed by atoms with Gasteiger partial charge in [0, 0.05) is 19.1 Å². The normalized spacial score (nSPS) is 15.7. The smallest absolute Gasteiger partial charge is 0.224 e. The van der Waals surface area contributed by atoms with Gasteiger partial charge in [-0.15, -0.1) is 0 Å². The van der Waals surface area contributed by atoms with E-state index >= 15 is 0 Å². The van der Waals surface area contributed by atoms with Gasteiger partial charge in [0.25, 0.3) is 0 Å². The molecule has 0 unspecified atom stereocenters. The molecule has 1 fully saturated rings. The number of hydrogen-bond donors (Lipinski definition) is 1. The third kappa shape index (κ3) is 6.30. The molecule has 1 aromatic carbocycles. The molecule has 31 heavy (non-hydrogen) atoms. The Kier molecular flexibility index (Phi) is 7.72. The first-order valence-electron chi connectivity index (χ1n) is 10.7. The number of hydrogen-bond acceptors (Lipinski definition) is 6. The second kappa shape index (κ2) is 10.3. The number of piperidine rings is 1. The van der Waals surface area contributed by atoms with Gasteiger partial charge in [0.1, 0.15) is 18.1 Å². The lowest BCUT2D eigenvalue weighted by molar-refractivity contribution is -0.121. The average Bonchev–Trinajstić information content (AvgIpc) is 3.05. The largest absolute Gasteiger partial charge is 0.489 e. The molecule has 9 heteroatoms. The number of amides is 1. The maximum atomic E-state index is 12.4. The van der Waals surface area contributed by atoms with Crippen LogP contribution in [0.15, 0.2) is 28.8 Å². The number of rotatable bonds is 9. The van der Waals surface area contributed by atoms with Crippen LogP contribution in [0.5, 0.6) is 5.75 Å². The van der Waals surface area contributed by atoms with Gasteiger partial charge in [0.15, 0.2) is 0 Å². The predicted molar refractivity (Wildman–Crippen MR) is 117 cm³/mol. The van der Waals surface area contributed by atoms with Crippen molar-refractivity contribution in [2.75, 3.05) is 18.8 Å². The van der Waals surface area contributed by atoms with Gasteiger partial charge < -0.3 is 14.6 Å². The van der Waals surface area contributed by atoms with Crippen molar-refractivity contribution in [1.29, 1.82) is 0 Å². The standard InChI is InChI=1S/C22H31N3O5S/c1-4-13-31(27,28)25-11-9-19(10-12-25)23-22(26)14-18-5-7-20(8-6-18)29-15-21-16(2)24-30-17(21)3/h5-8,19H,4,9-15H2,1-3H3,(H,23,26). The molecule has 8 nitrogen and oxygen atoms in total. The molecule has 0 atom stereocenters. The molecule has 1 aromatic heterocycles. The van der Waals surface area contributed by atoms with Gasteiger partial charge in [-0.3, -0.25) is 4.79 Å². The lowest BCUT2D eigenvalue weighted by Gasteiger charge is -2.31. The fourth-order valence-corrected chi connectivity index (χ4v) is 5.24. The minimum Gasteiger partial charge on any atom is -0.489 e. The zero-order valence-electron chi connectivity index (χ0n) is 18.4. The third-order valence-corrected chi connectivity index (χ3v) is 7.60. The van der Waals surface area contributed by atoms with E-state index in [2.05, 4.69) is 10.5 Å². The Hall–Kier alpha value is -2.39. The molecular weight excluding hydrogens is 418 g/mol. The van der Waals surface area contributed by atoms with E-state index in [1.165, 1.54) is 0 Å². The van der Waals surface area contributed by atoms with E-state index in [0.717, 1.165) is 22.6 Å². The fourth-order valence-electron chi connectivity index (χ4n) is 3.70. The molecule has 2 aromatic rings. The summed E-state index contributed by atoms with van der Waals surface area (Å²) in [4.78, 5) is 12.4. The van der Waals surface area contributed by atoms with Gasteiger partial charge in [0.05, 0.1) is 23.4 Å². The summed E-state index contributed by atoms with van der Waals surface area (Å²) in [5.74, 6) is 1.59. The van der Waals surface area contributed by atoms with Crippen molar-refractivity contribution in [3.63, 3.8) is 0 Å². The molecule has 3 rings (SSSR count). The number of nitrogens with zero attached hydrogens (tertiary/aromatic N) is 2. The first kappa shape index (κ1) is 23.3. The third-order valence-electron chi connectivity index (χ3n) is 5.53. The summed E-state index contributed by atoms with van der Waals surface area (Å²) in [6, 6.07) is 7.46. The highest BCUT2D eigenvalue weighted by atomic mass is 32.2. The second-order valence-corrected chi connectivity index (χ2v) is 10.1. The predicted octanol–water partition coefficient (Wildman–Crippen LogP) is 2.73. The lowest BCUT2D eigenvalue weighted by Crippen LogP contribution is -2.47. The van der Waals surface area contributed by atoms with Gasteiger partial charge in [-0.25, -0.2) is 12.7 Å². The van der Waals surface area contributed by atoms with Crippen LogP contribution in [0.3, 0.4) is 0 Å². The summed E-state index contributed by atoms with van der Waals surface area (Å²) >= 11 is 0. The molecule has 170 valence electrons. The molecule has 2 heterocycles. The molecule has 0 bridgehead atoms. The van der Waals surface area contributed by atoms with Crippen LogP contribution in [0.1, 0.15) is 48.8 Å². The molecule has 0 aliphatic carbocycles. The van der Waals surface area contributed by atoms with Crippen molar-refractivity contribution >= 4 is 15.9 Å². The highest BCUT2D eigenvalue weighted by Crippen LogP contribution is 2.19. The fraction of sp³-hybridized carbons (Fsp3) is 0.545. The van der Waals surface area contributed by atoms with E-state index in [0.29, 0.717) is 44.7 Å². The second-order valence-electron chi connectivity index (χ2n) is 7.97. The quantitative estimate of drug-likeness (QED) is 0.632. The van der Waals surface area contributed by atoms with Crippen LogP contribution in [0, 0.1) is 13.8 Å². The van der Waals surface area contributed by atoms with Crippen LogP contribution < -0.4 is 10.1 Å². The topological polar surface area (TPSA) is 102 Å². The maximum Gasteiger partial charge on any atom is 0.224 e. The first-order valence-corrected chi connectivity index (χ1v) is 12.3. The number of carbonyl (C=O) groups excluding carboxylic acids is 1. The van der Waals surface area contributed by atoms with Gasteiger partial charge in [-0.1, -0.05) is 24.2 Å². The molecule has 1 saturated heterocycles. The van der Waals surface area contributed by atoms with Crippen molar-refractivity contribution in [2.24, 2.45) is 0 Å². The van der Waals surface area contributed by atoms with Crippen molar-refractivity contribution in [3.8, 4) is 5.75 Å². The number of sulfonamides is 1. The molecule has 0 radical (unpaired) electrons. The molecular formula is C22H31N3O5S. The SMILES string of the molecule is CCCS(=O)(=O)N1CCC(NC(=O)Cc2ccc(OCc3c(C)noc3C)cc2)CC1. The lowest BCUT2D eigenvalue weighted by atomic mass is 10.1. The van der Waals surface area contributed by atoms with Crippen LogP contribution in [-0.2, 0) is 27.8 Å². The monoisotopic (exact) mass is 449 g/mol. The van der Waals surface area contributed by atoms with E-state index in [-0.39, 0.29) is 24.1 Å². The van der Waals surface area contributed by atoms with Crippen molar-refractivity contribution < 1.29 is 22.5 Å². The Balaban J connectivity index is 1.44. The number of ether oxygens (including phenoxy) is 1. The van der Waals surface area contributed by atoms with Crippen LogP contribution in [0.4, 0.5) is 0 Å². The Morgan fingerprint density at radius 3 is 2.48 bits per heavy atom. The Morgan fingerprint density at radius 2 is 1.90 bits per heavy atom. The molecule has 1 amide bonds. The van der Waals surface area contributed by atoms with Crippen molar-refractivity contribution in [3.05, 3.63) is 46.8 Å². The molecule has 1 aliphatic heterocycles. The van der Waals surface area contributed by atoms with Gasteiger partial charge in [-0.05, 0) is 50.8 Å². The highest BCUT2D eigenvalue weighted by molar-refractivity contribution is 7.89. The zero-order valence-corrected chi connectivity index (χ0v) is 19.2. The number of carbonyl (C=O) groups is 1. The Labute approximate surface area is 184 Å². The molecule has 0 spiro atoms. The number of aryl methyl sites for hydroxylation is 2. The zero-order chi connectivity index (χ0) is 22.4. The van der Waals surface area contributed by atoms with Gasteiger partial charge in [-0.2, -0.15) is 0 Å². The van der Waals surface area contributed by atoms with E-state index in [1.54, 1.807) is 4.31 Å². The Morgan fingerprint density at radius 1 is 1.23 bits per heavy atom. The summed E-state index contributed by atoms with van der Waals surface area (Å²) in [5, 5.41) is 6.95. The van der Waals surface area contributed by atoms with Crippen LogP contribution >= 0.6 is 0 Å². The molecule has 1 N–H and O–H groups in total. The molecule has 0 saturated carbocycles. The van der Waals surface area contributed by atoms with Crippen molar-refractivity contribution in [2.45, 2.75) is 59.1 Å². The van der Waals surface area contributed by atoms with Crippen LogP contribution in [-0.4, -0.2) is 48.7 Å². The summed E-state index contributed by atoms with van der Waals surface area (Å²) in [5.41, 5.74) is 2.65. The summed E-state index contributed by atoms with van der Waals surface area (Å²) in [6.07, 6.45) is 2.17. The van der Waals surface area contributed by atoms with Gasteiger partial charge >= 0.3 is 0 Å². The average molecular weight is 450 g/mol. The summed E-state index contributed by atoms with van der Waals surface area (Å²) in [7, 11) is -3.16. The maximum absolute atomic E-state index is 12.4. The van der Waals surface area contributed by atoms with E-state index < -0.39 is 10.0 Å². The van der Waals surface area contributed by atoms with E-state index in [4.69, 9.17) is 9.26 Å². The van der Waals surface area contributed by atoms with Gasteiger partial charge in [0.2, 0.25) is 15.9 Å². The Bertz CT molecular complexity index is 958. The number of nitrogens with one attached hydrogen (secondary N) is 1. The van der Waals surface area contributed by atoms with Crippen molar-refractivity contribution in [1.82, 2.24) is 14.8 Å². The van der Waals surface area contributed by atoms with E-state index in [1.807, 2.05) is 45.0 Å². The first-order chi connectivity index (χ1) is 14.8. The highest BCUT2D eigenvalue weighted by Gasteiger charge is 2.27. The number of benzene rings is 1. The molecule has 1 aliphatic rings.